The molecule has 1 amide bonds. The Morgan fingerprint density at radius 1 is 1.06 bits per heavy atom. The number of pyridine rings is 1. The van der Waals surface area contributed by atoms with Gasteiger partial charge in [0.15, 0.2) is 0 Å². The molecule has 1 aliphatic heterocycles. The maximum absolute atomic E-state index is 13.8. The number of carbonyl (C=O) groups excluding carboxylic acids is 1. The number of rotatable bonds is 3. The van der Waals surface area contributed by atoms with E-state index in [9.17, 15) is 14.0 Å². The number of aromatic amines is 1. The Bertz CT molecular complexity index is 1530. The van der Waals surface area contributed by atoms with Crippen LogP contribution in [0.5, 0.6) is 0 Å². The van der Waals surface area contributed by atoms with Crippen LogP contribution in [0.15, 0.2) is 76.6 Å². The third-order valence-corrected chi connectivity index (χ3v) is 6.41. The van der Waals surface area contributed by atoms with Gasteiger partial charge in [0.25, 0.3) is 5.56 Å². The van der Waals surface area contributed by atoms with Crippen molar-refractivity contribution in [1.29, 1.82) is 0 Å². The number of amides is 1. The highest BCUT2D eigenvalue weighted by Crippen LogP contribution is 2.38. The third-order valence-electron chi connectivity index (χ3n) is 5.89. The number of hydrogen-bond acceptors (Lipinski definition) is 3. The van der Waals surface area contributed by atoms with Crippen LogP contribution in [-0.2, 0) is 4.79 Å². The maximum Gasteiger partial charge on any atom is 0.258 e. The van der Waals surface area contributed by atoms with Crippen LogP contribution < -0.4 is 5.56 Å². The zero-order valence-electron chi connectivity index (χ0n) is 18.0. The number of hydrogen-bond donors (Lipinski definition) is 1. The number of fused-ring (bicyclic) bond motifs is 1. The first-order chi connectivity index (χ1) is 16.3. The molecule has 4 aromatic rings. The summed E-state index contributed by atoms with van der Waals surface area (Å²) in [6, 6.07) is 18.6. The number of benzene rings is 3. The predicted octanol–water partition coefficient (Wildman–Crippen LogP) is 6.34. The average molecular weight is 494 g/mol. The summed E-state index contributed by atoms with van der Waals surface area (Å²) in [5, 5.41) is 7.12. The lowest BCUT2D eigenvalue weighted by Crippen LogP contribution is -2.24. The van der Waals surface area contributed by atoms with E-state index in [2.05, 4.69) is 10.1 Å². The van der Waals surface area contributed by atoms with E-state index in [0.717, 1.165) is 10.9 Å². The van der Waals surface area contributed by atoms with Gasteiger partial charge in [-0.25, -0.2) is 9.40 Å². The van der Waals surface area contributed by atoms with E-state index < -0.39 is 11.9 Å². The zero-order chi connectivity index (χ0) is 24.0. The molecule has 0 spiro atoms. The molecule has 0 bridgehead atoms. The van der Waals surface area contributed by atoms with Crippen molar-refractivity contribution in [1.82, 2.24) is 9.99 Å². The van der Waals surface area contributed by atoms with E-state index >= 15 is 0 Å². The summed E-state index contributed by atoms with van der Waals surface area (Å²) >= 11 is 12.3. The van der Waals surface area contributed by atoms with Gasteiger partial charge in [0.2, 0.25) is 5.91 Å². The van der Waals surface area contributed by atoms with Crippen LogP contribution in [-0.4, -0.2) is 21.6 Å². The smallest absolute Gasteiger partial charge is 0.258 e. The average Bonchev–Trinajstić information content (AvgIpc) is 3.26. The van der Waals surface area contributed by atoms with Gasteiger partial charge < -0.3 is 4.98 Å². The molecule has 1 atom stereocenters. The summed E-state index contributed by atoms with van der Waals surface area (Å²) in [6.07, 6.45) is 0.260. The molecular formula is C26H18Cl2FN3O2. The monoisotopic (exact) mass is 493 g/mol. The molecule has 34 heavy (non-hydrogen) atoms. The molecule has 1 N–H and O–H groups in total. The minimum atomic E-state index is -0.548. The summed E-state index contributed by atoms with van der Waals surface area (Å²) in [5.74, 6) is -0.852. The molecule has 1 aromatic heterocycles. The van der Waals surface area contributed by atoms with Crippen molar-refractivity contribution in [2.45, 2.75) is 19.4 Å². The Morgan fingerprint density at radius 3 is 2.53 bits per heavy atom. The fourth-order valence-corrected chi connectivity index (χ4v) is 4.74. The van der Waals surface area contributed by atoms with Crippen molar-refractivity contribution in [3.05, 3.63) is 104 Å². The first-order valence-electron chi connectivity index (χ1n) is 10.6. The van der Waals surface area contributed by atoms with Gasteiger partial charge in [-0.1, -0.05) is 59.6 Å². The predicted molar refractivity (Wildman–Crippen MR) is 133 cm³/mol. The number of hydrazone groups is 1. The lowest BCUT2D eigenvalue weighted by molar-refractivity contribution is -0.130. The van der Waals surface area contributed by atoms with Gasteiger partial charge in [0, 0.05) is 34.8 Å². The van der Waals surface area contributed by atoms with Gasteiger partial charge in [-0.3, -0.25) is 9.59 Å². The highest BCUT2D eigenvalue weighted by atomic mass is 35.5. The first kappa shape index (κ1) is 22.3. The molecule has 0 radical (unpaired) electrons. The Hall–Kier alpha value is -3.48. The van der Waals surface area contributed by atoms with Gasteiger partial charge in [-0.15, -0.1) is 0 Å². The van der Waals surface area contributed by atoms with Crippen LogP contribution in [0.2, 0.25) is 10.0 Å². The first-order valence-corrected chi connectivity index (χ1v) is 11.3. The Labute approximate surface area is 204 Å². The van der Waals surface area contributed by atoms with Crippen molar-refractivity contribution in [2.24, 2.45) is 5.10 Å². The zero-order valence-corrected chi connectivity index (χ0v) is 19.5. The number of halogens is 3. The molecule has 0 fully saturated rings. The summed E-state index contributed by atoms with van der Waals surface area (Å²) in [6.45, 7) is 1.40. The van der Waals surface area contributed by atoms with Crippen LogP contribution in [0, 0.1) is 5.82 Å². The van der Waals surface area contributed by atoms with Crippen molar-refractivity contribution >= 4 is 45.7 Å². The third kappa shape index (κ3) is 3.89. The van der Waals surface area contributed by atoms with Crippen molar-refractivity contribution < 1.29 is 9.18 Å². The molecule has 8 heteroatoms. The van der Waals surface area contributed by atoms with Crippen molar-refractivity contribution in [2.75, 3.05) is 0 Å². The summed E-state index contributed by atoms with van der Waals surface area (Å²) in [5.41, 5.74) is 3.25. The SMILES string of the molecule is CC(=O)N1N=C(c2c(-c3ccccc3)c3cc(Cl)ccc3[nH]c2=O)C[C@H]1c1ccc(F)c(Cl)c1. The number of nitrogens with zero attached hydrogens (tertiary/aromatic N) is 2. The molecule has 0 saturated carbocycles. The Balaban J connectivity index is 1.73. The van der Waals surface area contributed by atoms with E-state index in [1.165, 1.54) is 24.1 Å². The molecule has 1 aliphatic rings. The molecule has 2 heterocycles. The van der Waals surface area contributed by atoms with Crippen LogP contribution in [0.25, 0.3) is 22.0 Å². The van der Waals surface area contributed by atoms with Crippen LogP contribution in [0.1, 0.15) is 30.5 Å². The molecule has 0 saturated heterocycles. The Kier molecular flexibility index (Phi) is 5.71. The molecule has 3 aromatic carbocycles. The van der Waals surface area contributed by atoms with E-state index in [4.69, 9.17) is 23.2 Å². The van der Waals surface area contributed by atoms with Crippen LogP contribution >= 0.6 is 23.2 Å². The van der Waals surface area contributed by atoms with Crippen molar-refractivity contribution in [3.63, 3.8) is 0 Å². The van der Waals surface area contributed by atoms with E-state index in [0.29, 0.717) is 32.9 Å². The normalized spacial score (nSPS) is 15.6. The van der Waals surface area contributed by atoms with E-state index in [-0.39, 0.29) is 22.9 Å². The molecule has 170 valence electrons. The largest absolute Gasteiger partial charge is 0.321 e. The number of carbonyl (C=O) groups is 1. The van der Waals surface area contributed by atoms with E-state index in [1.54, 1.807) is 24.3 Å². The fraction of sp³-hybridized carbons (Fsp3) is 0.115. The minimum absolute atomic E-state index is 0.0439. The second-order valence-electron chi connectivity index (χ2n) is 8.06. The van der Waals surface area contributed by atoms with Gasteiger partial charge >= 0.3 is 0 Å². The number of nitrogens with one attached hydrogen (secondary N) is 1. The lowest BCUT2D eigenvalue weighted by atomic mass is 9.91. The fourth-order valence-electron chi connectivity index (χ4n) is 4.38. The Morgan fingerprint density at radius 2 is 1.82 bits per heavy atom. The summed E-state index contributed by atoms with van der Waals surface area (Å²) < 4.78 is 13.8. The molecule has 5 rings (SSSR count). The standard InChI is InChI=1S/C26H18Cl2FN3O2/c1-14(33)32-23(16-7-9-20(29)19(28)11-16)13-22(31-32)25-24(15-5-3-2-4-6-15)18-12-17(27)8-10-21(18)30-26(25)34/h2-12,23H,13H2,1H3,(H,30,34)/t23-/m0/s1. The highest BCUT2D eigenvalue weighted by Gasteiger charge is 2.34. The van der Waals surface area contributed by atoms with Crippen LogP contribution in [0.3, 0.4) is 0 Å². The van der Waals surface area contributed by atoms with E-state index in [1.807, 2.05) is 30.3 Å². The second-order valence-corrected chi connectivity index (χ2v) is 8.91. The lowest BCUT2D eigenvalue weighted by Gasteiger charge is -2.20. The van der Waals surface area contributed by atoms with Gasteiger partial charge in [-0.05, 0) is 41.5 Å². The molecule has 0 aliphatic carbocycles. The minimum Gasteiger partial charge on any atom is -0.321 e. The van der Waals surface area contributed by atoms with Gasteiger partial charge in [0.05, 0.1) is 22.3 Å². The topological polar surface area (TPSA) is 65.5 Å². The molecular weight excluding hydrogens is 476 g/mol. The molecule has 0 unspecified atom stereocenters. The number of H-pyrrole nitrogens is 1. The highest BCUT2D eigenvalue weighted by molar-refractivity contribution is 6.31. The van der Waals surface area contributed by atoms with Gasteiger partial charge in [-0.2, -0.15) is 5.10 Å². The second kappa shape index (κ2) is 8.70. The quantitative estimate of drug-likeness (QED) is 0.361. The maximum atomic E-state index is 13.8. The van der Waals surface area contributed by atoms with Gasteiger partial charge in [0.1, 0.15) is 5.82 Å². The summed E-state index contributed by atoms with van der Waals surface area (Å²) in [7, 11) is 0. The van der Waals surface area contributed by atoms with Crippen molar-refractivity contribution in [3.8, 4) is 11.1 Å². The number of aromatic nitrogens is 1. The summed E-state index contributed by atoms with van der Waals surface area (Å²) in [4.78, 5) is 28.8. The van der Waals surface area contributed by atoms with Crippen LogP contribution in [0.4, 0.5) is 4.39 Å². The molecule has 5 nitrogen and oxygen atoms in total.